The minimum absolute atomic E-state index is 0.0589. The van der Waals surface area contributed by atoms with Crippen molar-refractivity contribution in [3.63, 3.8) is 0 Å². The SMILES string of the molecule is Cc1ccc(C)c(C[C@H](Oc2ccc(C(C)(C)C)cc2)C(=O)O)c1. The predicted molar refractivity (Wildman–Crippen MR) is 96.8 cm³/mol. The van der Waals surface area contributed by atoms with E-state index in [9.17, 15) is 9.90 Å². The topological polar surface area (TPSA) is 46.5 Å². The van der Waals surface area contributed by atoms with Gasteiger partial charge in [0.2, 0.25) is 0 Å². The molecule has 2 aromatic rings. The number of benzene rings is 2. The minimum atomic E-state index is -0.948. The molecule has 0 saturated carbocycles. The third kappa shape index (κ3) is 4.60. The van der Waals surface area contributed by atoms with Crippen LogP contribution in [0.1, 0.15) is 43.0 Å². The van der Waals surface area contributed by atoms with Crippen LogP contribution in [0.2, 0.25) is 0 Å². The van der Waals surface area contributed by atoms with Crippen LogP contribution < -0.4 is 4.74 Å². The molecule has 128 valence electrons. The quantitative estimate of drug-likeness (QED) is 0.868. The maximum Gasteiger partial charge on any atom is 0.345 e. The first-order valence-electron chi connectivity index (χ1n) is 8.23. The van der Waals surface area contributed by atoms with Crippen LogP contribution in [0.4, 0.5) is 0 Å². The number of aryl methyl sites for hydroxylation is 2. The molecule has 0 aliphatic heterocycles. The molecule has 1 N–H and O–H groups in total. The summed E-state index contributed by atoms with van der Waals surface area (Å²) >= 11 is 0. The Morgan fingerprint density at radius 1 is 1.08 bits per heavy atom. The van der Waals surface area contributed by atoms with Gasteiger partial charge in [-0.3, -0.25) is 0 Å². The Morgan fingerprint density at radius 3 is 2.25 bits per heavy atom. The van der Waals surface area contributed by atoms with Crippen molar-refractivity contribution in [2.45, 2.75) is 52.6 Å². The van der Waals surface area contributed by atoms with E-state index in [0.29, 0.717) is 12.2 Å². The Balaban J connectivity index is 2.17. The van der Waals surface area contributed by atoms with Crippen molar-refractivity contribution < 1.29 is 14.6 Å². The smallest absolute Gasteiger partial charge is 0.345 e. The van der Waals surface area contributed by atoms with Gasteiger partial charge in [0.05, 0.1) is 0 Å². The molecule has 3 heteroatoms. The van der Waals surface area contributed by atoms with Crippen molar-refractivity contribution in [2.24, 2.45) is 0 Å². The highest BCUT2D eigenvalue weighted by atomic mass is 16.5. The van der Waals surface area contributed by atoms with Gasteiger partial charge in [0.15, 0.2) is 6.10 Å². The number of ether oxygens (including phenoxy) is 1. The lowest BCUT2D eigenvalue weighted by molar-refractivity contribution is -0.145. The normalized spacial score (nSPS) is 12.7. The Morgan fingerprint density at radius 2 is 1.71 bits per heavy atom. The zero-order valence-corrected chi connectivity index (χ0v) is 15.1. The van der Waals surface area contributed by atoms with E-state index in [-0.39, 0.29) is 5.41 Å². The molecule has 3 nitrogen and oxygen atoms in total. The zero-order valence-electron chi connectivity index (χ0n) is 15.1. The molecule has 1 atom stereocenters. The van der Waals surface area contributed by atoms with Gasteiger partial charge in [0, 0.05) is 6.42 Å². The van der Waals surface area contributed by atoms with Crippen molar-refractivity contribution in [2.75, 3.05) is 0 Å². The van der Waals surface area contributed by atoms with E-state index in [0.717, 1.165) is 16.7 Å². The average Bonchev–Trinajstić information content (AvgIpc) is 2.49. The maximum absolute atomic E-state index is 11.6. The monoisotopic (exact) mass is 326 g/mol. The molecule has 0 unspecified atom stereocenters. The van der Waals surface area contributed by atoms with Crippen molar-refractivity contribution in [1.29, 1.82) is 0 Å². The number of carboxylic acid groups (broad SMARTS) is 1. The van der Waals surface area contributed by atoms with Gasteiger partial charge < -0.3 is 9.84 Å². The molecule has 2 aromatic carbocycles. The summed E-state index contributed by atoms with van der Waals surface area (Å²) < 4.78 is 5.74. The van der Waals surface area contributed by atoms with Gasteiger partial charge in [-0.2, -0.15) is 0 Å². The van der Waals surface area contributed by atoms with E-state index in [1.54, 1.807) is 0 Å². The lowest BCUT2D eigenvalue weighted by atomic mass is 9.87. The summed E-state index contributed by atoms with van der Waals surface area (Å²) in [6.45, 7) is 10.4. The number of rotatable bonds is 5. The van der Waals surface area contributed by atoms with Gasteiger partial charge in [-0.15, -0.1) is 0 Å². The molecule has 0 aromatic heterocycles. The molecule has 0 aliphatic rings. The minimum Gasteiger partial charge on any atom is -0.478 e. The van der Waals surface area contributed by atoms with Crippen LogP contribution in [-0.4, -0.2) is 17.2 Å². The second-order valence-electron chi connectivity index (χ2n) is 7.35. The highest BCUT2D eigenvalue weighted by Crippen LogP contribution is 2.25. The number of carbonyl (C=O) groups is 1. The van der Waals surface area contributed by atoms with Crippen molar-refractivity contribution in [3.05, 3.63) is 64.7 Å². The van der Waals surface area contributed by atoms with Crippen LogP contribution in [-0.2, 0) is 16.6 Å². The van der Waals surface area contributed by atoms with E-state index >= 15 is 0 Å². The standard InChI is InChI=1S/C21H26O3/c1-14-6-7-15(2)16(12-14)13-19(20(22)23)24-18-10-8-17(9-11-18)21(3,4)5/h6-12,19H,13H2,1-5H3,(H,22,23)/t19-/m0/s1. The summed E-state index contributed by atoms with van der Waals surface area (Å²) in [6.07, 6.45) is -0.546. The van der Waals surface area contributed by atoms with Crippen LogP contribution in [0.15, 0.2) is 42.5 Å². The Labute approximate surface area is 144 Å². The van der Waals surface area contributed by atoms with Crippen molar-refractivity contribution >= 4 is 5.97 Å². The van der Waals surface area contributed by atoms with Crippen LogP contribution in [0, 0.1) is 13.8 Å². The fourth-order valence-corrected chi connectivity index (χ4v) is 2.60. The predicted octanol–water partition coefficient (Wildman–Crippen LogP) is 4.68. The molecule has 2 rings (SSSR count). The summed E-state index contributed by atoms with van der Waals surface area (Å²) in [6, 6.07) is 13.7. The van der Waals surface area contributed by atoms with E-state index in [4.69, 9.17) is 4.74 Å². The molecular formula is C21H26O3. The number of aliphatic carboxylic acids is 1. The third-order valence-corrected chi connectivity index (χ3v) is 4.18. The molecule has 0 spiro atoms. The maximum atomic E-state index is 11.6. The van der Waals surface area contributed by atoms with Crippen molar-refractivity contribution in [1.82, 2.24) is 0 Å². The Kier molecular flexibility index (Phi) is 5.33. The highest BCUT2D eigenvalue weighted by molar-refractivity contribution is 5.73. The van der Waals surface area contributed by atoms with Gasteiger partial charge in [-0.25, -0.2) is 4.79 Å². The van der Waals surface area contributed by atoms with Gasteiger partial charge in [-0.1, -0.05) is 56.7 Å². The van der Waals surface area contributed by atoms with Gasteiger partial charge in [0.1, 0.15) is 5.75 Å². The van der Waals surface area contributed by atoms with Crippen LogP contribution in [0.5, 0.6) is 5.75 Å². The summed E-state index contributed by atoms with van der Waals surface area (Å²) in [4.78, 5) is 11.6. The van der Waals surface area contributed by atoms with Crippen LogP contribution in [0.3, 0.4) is 0 Å². The van der Waals surface area contributed by atoms with Crippen molar-refractivity contribution in [3.8, 4) is 5.75 Å². The van der Waals surface area contributed by atoms with Gasteiger partial charge >= 0.3 is 5.97 Å². The van der Waals surface area contributed by atoms with Gasteiger partial charge in [-0.05, 0) is 48.1 Å². The fraction of sp³-hybridized carbons (Fsp3) is 0.381. The molecule has 0 saturated heterocycles. The summed E-state index contributed by atoms with van der Waals surface area (Å²) in [5, 5.41) is 9.51. The average molecular weight is 326 g/mol. The Bertz CT molecular complexity index is 709. The molecule has 0 aliphatic carbocycles. The first-order valence-corrected chi connectivity index (χ1v) is 8.23. The lowest BCUT2D eigenvalue weighted by Crippen LogP contribution is -2.29. The highest BCUT2D eigenvalue weighted by Gasteiger charge is 2.21. The summed E-state index contributed by atoms with van der Waals surface area (Å²) in [5.41, 5.74) is 4.46. The molecule has 0 fully saturated rings. The molecule has 0 bridgehead atoms. The van der Waals surface area contributed by atoms with Crippen LogP contribution >= 0.6 is 0 Å². The summed E-state index contributed by atoms with van der Waals surface area (Å²) in [5.74, 6) is -0.364. The molecule has 24 heavy (non-hydrogen) atoms. The Hall–Kier alpha value is -2.29. The molecule has 0 heterocycles. The molecule has 0 radical (unpaired) electrons. The van der Waals surface area contributed by atoms with Crippen LogP contribution in [0.25, 0.3) is 0 Å². The van der Waals surface area contributed by atoms with E-state index < -0.39 is 12.1 Å². The lowest BCUT2D eigenvalue weighted by Gasteiger charge is -2.20. The molecular weight excluding hydrogens is 300 g/mol. The van der Waals surface area contributed by atoms with E-state index in [2.05, 4.69) is 20.8 Å². The molecule has 0 amide bonds. The largest absolute Gasteiger partial charge is 0.478 e. The fourth-order valence-electron chi connectivity index (χ4n) is 2.60. The van der Waals surface area contributed by atoms with E-state index in [1.165, 1.54) is 5.56 Å². The third-order valence-electron chi connectivity index (χ3n) is 4.18. The summed E-state index contributed by atoms with van der Waals surface area (Å²) in [7, 11) is 0. The zero-order chi connectivity index (χ0) is 17.9. The first-order chi connectivity index (χ1) is 11.2. The second kappa shape index (κ2) is 7.08. The number of carboxylic acids is 1. The van der Waals surface area contributed by atoms with E-state index in [1.807, 2.05) is 56.3 Å². The number of hydrogen-bond donors (Lipinski definition) is 1. The first kappa shape index (κ1) is 18.1. The number of hydrogen-bond acceptors (Lipinski definition) is 2. The van der Waals surface area contributed by atoms with Gasteiger partial charge in [0.25, 0.3) is 0 Å². The second-order valence-corrected chi connectivity index (χ2v) is 7.35.